The summed E-state index contributed by atoms with van der Waals surface area (Å²) in [6.07, 6.45) is 1.39. The second-order valence-corrected chi connectivity index (χ2v) is 6.58. The van der Waals surface area contributed by atoms with Gasteiger partial charge >= 0.3 is 5.97 Å². The summed E-state index contributed by atoms with van der Waals surface area (Å²) < 4.78 is 16.6. The average Bonchev–Trinajstić information content (AvgIpc) is 3.11. The minimum atomic E-state index is -0.462. The second kappa shape index (κ2) is 8.65. The quantitative estimate of drug-likeness (QED) is 0.433. The van der Waals surface area contributed by atoms with Gasteiger partial charge in [0, 0.05) is 5.69 Å². The van der Waals surface area contributed by atoms with Crippen molar-refractivity contribution >= 4 is 28.6 Å². The maximum atomic E-state index is 12.4. The first kappa shape index (κ1) is 19.4. The molecule has 2 aromatic carbocycles. The summed E-state index contributed by atoms with van der Waals surface area (Å²) in [6, 6.07) is 17.5. The van der Waals surface area contributed by atoms with Gasteiger partial charge in [0.2, 0.25) is 5.71 Å². The van der Waals surface area contributed by atoms with Crippen LogP contribution in [0.15, 0.2) is 65.3 Å². The van der Waals surface area contributed by atoms with Gasteiger partial charge in [-0.3, -0.25) is 0 Å². The zero-order valence-electron chi connectivity index (χ0n) is 16.7. The van der Waals surface area contributed by atoms with Crippen LogP contribution in [0.5, 0.6) is 5.75 Å². The van der Waals surface area contributed by atoms with E-state index in [9.17, 15) is 4.79 Å². The molecule has 0 bridgehead atoms. The van der Waals surface area contributed by atoms with Crippen LogP contribution in [-0.4, -0.2) is 22.5 Å². The smallest absolute Gasteiger partial charge is 0.342 e. The lowest BCUT2D eigenvalue weighted by atomic mass is 10.2. The molecule has 4 aromatic rings. The third kappa shape index (κ3) is 4.10. The van der Waals surface area contributed by atoms with Crippen molar-refractivity contribution in [2.45, 2.75) is 20.5 Å². The monoisotopic (exact) mass is 403 g/mol. The fourth-order valence-corrected chi connectivity index (χ4v) is 3.10. The summed E-state index contributed by atoms with van der Waals surface area (Å²) >= 11 is 0. The fourth-order valence-electron chi connectivity index (χ4n) is 3.10. The Morgan fingerprint density at radius 1 is 1.07 bits per heavy atom. The van der Waals surface area contributed by atoms with Crippen LogP contribution in [0.25, 0.3) is 11.1 Å². The van der Waals surface area contributed by atoms with E-state index in [0.29, 0.717) is 34.8 Å². The van der Waals surface area contributed by atoms with Gasteiger partial charge in [-0.15, -0.1) is 0 Å². The molecule has 0 aliphatic carbocycles. The molecule has 0 fully saturated rings. The number of esters is 1. The molecule has 7 nitrogen and oxygen atoms in total. The van der Waals surface area contributed by atoms with E-state index in [1.54, 1.807) is 13.8 Å². The molecule has 0 aliphatic heterocycles. The number of aryl methyl sites for hydroxylation is 1. The van der Waals surface area contributed by atoms with Gasteiger partial charge in [-0.1, -0.05) is 30.3 Å². The van der Waals surface area contributed by atoms with E-state index in [-0.39, 0.29) is 6.61 Å². The van der Waals surface area contributed by atoms with Crippen LogP contribution in [0, 0.1) is 6.92 Å². The maximum Gasteiger partial charge on any atom is 0.342 e. The Bertz CT molecular complexity index is 1150. The number of benzene rings is 2. The predicted molar refractivity (Wildman–Crippen MR) is 113 cm³/mol. The van der Waals surface area contributed by atoms with Crippen LogP contribution < -0.4 is 10.1 Å². The van der Waals surface area contributed by atoms with Gasteiger partial charge in [0.25, 0.3) is 0 Å². The number of nitrogens with zero attached hydrogens (tertiary/aromatic N) is 2. The van der Waals surface area contributed by atoms with Crippen LogP contribution in [-0.2, 0) is 11.3 Å². The SMILES string of the molecule is CCOC(=O)c1c(C)oc2ncnc(Nc3ccc(OCc4ccccc4)cc3)c12. The number of hydrogen-bond acceptors (Lipinski definition) is 7. The molecular formula is C23H21N3O4. The number of carbonyl (C=O) groups excluding carboxylic acids is 1. The summed E-state index contributed by atoms with van der Waals surface area (Å²) in [4.78, 5) is 20.8. The first-order valence-electron chi connectivity index (χ1n) is 9.60. The Kier molecular flexibility index (Phi) is 5.61. The third-order valence-electron chi connectivity index (χ3n) is 4.51. The van der Waals surface area contributed by atoms with Crippen molar-refractivity contribution < 1.29 is 18.7 Å². The molecule has 0 amide bonds. The number of anilines is 2. The van der Waals surface area contributed by atoms with E-state index in [1.165, 1.54) is 6.33 Å². The summed E-state index contributed by atoms with van der Waals surface area (Å²) in [5.74, 6) is 1.20. The minimum absolute atomic E-state index is 0.270. The zero-order chi connectivity index (χ0) is 20.9. The van der Waals surface area contributed by atoms with E-state index in [1.807, 2.05) is 54.6 Å². The maximum absolute atomic E-state index is 12.4. The Labute approximate surface area is 173 Å². The Morgan fingerprint density at radius 2 is 1.83 bits per heavy atom. The van der Waals surface area contributed by atoms with Crippen LogP contribution in [0.4, 0.5) is 11.5 Å². The molecule has 2 aromatic heterocycles. The number of rotatable bonds is 7. The molecule has 4 rings (SSSR count). The molecule has 7 heteroatoms. The summed E-state index contributed by atoms with van der Waals surface area (Å²) in [5.41, 5.74) is 2.55. The van der Waals surface area contributed by atoms with Crippen molar-refractivity contribution in [1.29, 1.82) is 0 Å². The van der Waals surface area contributed by atoms with Crippen molar-refractivity contribution in [3.05, 3.63) is 77.8 Å². The number of furan rings is 1. The molecular weight excluding hydrogens is 382 g/mol. The summed E-state index contributed by atoms with van der Waals surface area (Å²) in [5, 5.41) is 3.72. The van der Waals surface area contributed by atoms with Crippen LogP contribution in [0.1, 0.15) is 28.6 Å². The van der Waals surface area contributed by atoms with Gasteiger partial charge in [-0.2, -0.15) is 0 Å². The fraction of sp³-hybridized carbons (Fsp3) is 0.174. The number of carbonyl (C=O) groups is 1. The van der Waals surface area contributed by atoms with E-state index < -0.39 is 5.97 Å². The first-order chi connectivity index (χ1) is 14.7. The van der Waals surface area contributed by atoms with Crippen molar-refractivity contribution in [3.8, 4) is 5.75 Å². The second-order valence-electron chi connectivity index (χ2n) is 6.58. The number of fused-ring (bicyclic) bond motifs is 1. The number of aromatic nitrogens is 2. The number of ether oxygens (including phenoxy) is 2. The summed E-state index contributed by atoms with van der Waals surface area (Å²) in [7, 11) is 0. The first-order valence-corrected chi connectivity index (χ1v) is 9.60. The standard InChI is InChI=1S/C23H21N3O4/c1-3-28-23(27)19-15(2)30-22-20(19)21(24-14-25-22)26-17-9-11-18(12-10-17)29-13-16-7-5-4-6-8-16/h4-12,14H,3,13H2,1-2H3,(H,24,25,26). The highest BCUT2D eigenvalue weighted by Gasteiger charge is 2.23. The molecule has 1 N–H and O–H groups in total. The Hall–Kier alpha value is -3.87. The molecule has 30 heavy (non-hydrogen) atoms. The molecule has 152 valence electrons. The van der Waals surface area contributed by atoms with Crippen molar-refractivity contribution in [3.63, 3.8) is 0 Å². The van der Waals surface area contributed by atoms with Crippen LogP contribution in [0.2, 0.25) is 0 Å². The lowest BCUT2D eigenvalue weighted by Gasteiger charge is -2.10. The van der Waals surface area contributed by atoms with E-state index in [2.05, 4.69) is 15.3 Å². The highest BCUT2D eigenvalue weighted by atomic mass is 16.5. The van der Waals surface area contributed by atoms with E-state index in [4.69, 9.17) is 13.9 Å². The highest BCUT2D eigenvalue weighted by Crippen LogP contribution is 2.31. The van der Waals surface area contributed by atoms with Crippen molar-refractivity contribution in [2.24, 2.45) is 0 Å². The average molecular weight is 403 g/mol. The minimum Gasteiger partial charge on any atom is -0.489 e. The molecule has 0 saturated carbocycles. The van der Waals surface area contributed by atoms with Gasteiger partial charge in [-0.05, 0) is 43.7 Å². The van der Waals surface area contributed by atoms with Crippen molar-refractivity contribution in [1.82, 2.24) is 9.97 Å². The van der Waals surface area contributed by atoms with Gasteiger partial charge < -0.3 is 19.2 Å². The third-order valence-corrected chi connectivity index (χ3v) is 4.51. The molecule has 0 radical (unpaired) electrons. The van der Waals surface area contributed by atoms with Gasteiger partial charge in [0.1, 0.15) is 35.8 Å². The van der Waals surface area contributed by atoms with Crippen molar-refractivity contribution in [2.75, 3.05) is 11.9 Å². The largest absolute Gasteiger partial charge is 0.489 e. The van der Waals surface area contributed by atoms with E-state index in [0.717, 1.165) is 17.0 Å². The number of hydrogen-bond donors (Lipinski definition) is 1. The molecule has 0 spiro atoms. The van der Waals surface area contributed by atoms with Crippen LogP contribution >= 0.6 is 0 Å². The zero-order valence-corrected chi connectivity index (χ0v) is 16.7. The highest BCUT2D eigenvalue weighted by molar-refractivity contribution is 6.08. The van der Waals surface area contributed by atoms with Gasteiger partial charge in [-0.25, -0.2) is 14.8 Å². The normalized spacial score (nSPS) is 10.7. The Morgan fingerprint density at radius 3 is 2.57 bits per heavy atom. The molecule has 0 aliphatic rings. The molecule has 0 unspecified atom stereocenters. The molecule has 0 saturated heterocycles. The van der Waals surface area contributed by atoms with Gasteiger partial charge in [0.05, 0.1) is 12.0 Å². The topological polar surface area (TPSA) is 86.5 Å². The van der Waals surface area contributed by atoms with Crippen LogP contribution in [0.3, 0.4) is 0 Å². The number of nitrogens with one attached hydrogen (secondary N) is 1. The van der Waals surface area contributed by atoms with Gasteiger partial charge in [0.15, 0.2) is 0 Å². The summed E-state index contributed by atoms with van der Waals surface area (Å²) in [6.45, 7) is 4.23. The lowest BCUT2D eigenvalue weighted by molar-refractivity contribution is 0.0526. The predicted octanol–water partition coefficient (Wildman–Crippen LogP) is 5.03. The lowest BCUT2D eigenvalue weighted by Crippen LogP contribution is -2.06. The molecule has 0 atom stereocenters. The van der Waals surface area contributed by atoms with E-state index >= 15 is 0 Å². The molecule has 2 heterocycles. The Balaban J connectivity index is 1.54.